The molecule has 2 rings (SSSR count). The Morgan fingerprint density at radius 2 is 1.63 bits per heavy atom. The average molecular weight is 335 g/mol. The Bertz CT molecular complexity index is 670. The molecule has 98 valence electrons. The van der Waals surface area contributed by atoms with Crippen LogP contribution in [0.5, 0.6) is 0 Å². The van der Waals surface area contributed by atoms with Crippen LogP contribution in [-0.2, 0) is 0 Å². The molecule has 0 aliphatic carbocycles. The Morgan fingerprint density at radius 3 is 2.26 bits per heavy atom. The van der Waals surface area contributed by atoms with Crippen LogP contribution in [0.15, 0.2) is 30.3 Å². The van der Waals surface area contributed by atoms with Crippen LogP contribution >= 0.6 is 46.4 Å². The normalized spacial score (nSPS) is 10.5. The van der Waals surface area contributed by atoms with Gasteiger partial charge in [-0.25, -0.2) is 0 Å². The first-order valence-corrected chi connectivity index (χ1v) is 6.66. The maximum absolute atomic E-state index is 11.5. The zero-order valence-electron chi connectivity index (χ0n) is 9.38. The van der Waals surface area contributed by atoms with Gasteiger partial charge < -0.3 is 5.73 Å². The van der Waals surface area contributed by atoms with Crippen LogP contribution in [-0.4, -0.2) is 5.91 Å². The zero-order chi connectivity index (χ0) is 14.2. The van der Waals surface area contributed by atoms with Crippen LogP contribution < -0.4 is 5.73 Å². The summed E-state index contributed by atoms with van der Waals surface area (Å²) >= 11 is 24.1. The van der Waals surface area contributed by atoms with E-state index in [-0.39, 0.29) is 15.6 Å². The third kappa shape index (κ3) is 2.82. The number of nitrogens with two attached hydrogens (primary N) is 1. The molecule has 0 radical (unpaired) electrons. The molecule has 2 aromatic carbocycles. The van der Waals surface area contributed by atoms with Crippen molar-refractivity contribution >= 4 is 52.3 Å². The molecule has 0 aromatic heterocycles. The topological polar surface area (TPSA) is 43.1 Å². The van der Waals surface area contributed by atoms with Gasteiger partial charge in [0.15, 0.2) is 0 Å². The number of amides is 1. The molecule has 2 nitrogen and oxygen atoms in total. The van der Waals surface area contributed by atoms with Gasteiger partial charge in [0.25, 0.3) is 5.91 Å². The summed E-state index contributed by atoms with van der Waals surface area (Å²) in [4.78, 5) is 11.5. The maximum Gasteiger partial charge on any atom is 0.250 e. The molecule has 0 unspecified atom stereocenters. The first kappa shape index (κ1) is 14.5. The van der Waals surface area contributed by atoms with Crippen LogP contribution in [0.25, 0.3) is 11.1 Å². The molecule has 0 saturated heterocycles. The van der Waals surface area contributed by atoms with Gasteiger partial charge >= 0.3 is 0 Å². The van der Waals surface area contributed by atoms with E-state index >= 15 is 0 Å². The predicted octanol–water partition coefficient (Wildman–Crippen LogP) is 5.07. The second kappa shape index (κ2) is 5.59. The molecule has 0 fully saturated rings. The number of benzene rings is 2. The zero-order valence-corrected chi connectivity index (χ0v) is 12.4. The van der Waals surface area contributed by atoms with Gasteiger partial charge in [-0.3, -0.25) is 4.79 Å². The highest BCUT2D eigenvalue weighted by Crippen LogP contribution is 2.39. The number of primary amides is 1. The molecular weight excluding hydrogens is 328 g/mol. The highest BCUT2D eigenvalue weighted by Gasteiger charge is 2.17. The minimum Gasteiger partial charge on any atom is -0.366 e. The summed E-state index contributed by atoms with van der Waals surface area (Å²) in [6.07, 6.45) is 0. The van der Waals surface area contributed by atoms with E-state index in [4.69, 9.17) is 52.1 Å². The van der Waals surface area contributed by atoms with Crippen molar-refractivity contribution in [2.75, 3.05) is 0 Å². The SMILES string of the molecule is NC(=O)c1c(Cl)cccc1-c1cc(Cl)cc(Cl)c1Cl. The summed E-state index contributed by atoms with van der Waals surface area (Å²) in [6.45, 7) is 0. The van der Waals surface area contributed by atoms with Crippen molar-refractivity contribution in [3.05, 3.63) is 56.0 Å². The average Bonchev–Trinajstić information content (AvgIpc) is 2.33. The fourth-order valence-electron chi connectivity index (χ4n) is 1.75. The Hall–Kier alpha value is -0.930. The number of halogens is 4. The number of rotatable bonds is 2. The molecule has 0 heterocycles. The molecular formula is C13H7Cl4NO. The van der Waals surface area contributed by atoms with E-state index in [9.17, 15) is 4.79 Å². The number of carbonyl (C=O) groups excluding carboxylic acids is 1. The summed E-state index contributed by atoms with van der Waals surface area (Å²) in [5.41, 5.74) is 6.54. The highest BCUT2D eigenvalue weighted by molar-refractivity contribution is 6.45. The Kier molecular flexibility index (Phi) is 4.26. The lowest BCUT2D eigenvalue weighted by atomic mass is 9.99. The van der Waals surface area contributed by atoms with Crippen molar-refractivity contribution in [1.82, 2.24) is 0 Å². The summed E-state index contributed by atoms with van der Waals surface area (Å²) < 4.78 is 0. The minimum absolute atomic E-state index is 0.185. The van der Waals surface area contributed by atoms with E-state index < -0.39 is 5.91 Å². The van der Waals surface area contributed by atoms with Gasteiger partial charge in [0.1, 0.15) is 0 Å². The molecule has 0 spiro atoms. The first-order valence-electron chi connectivity index (χ1n) is 5.15. The highest BCUT2D eigenvalue weighted by atomic mass is 35.5. The molecule has 2 N–H and O–H groups in total. The molecule has 2 aromatic rings. The summed E-state index contributed by atoms with van der Waals surface area (Å²) in [6, 6.07) is 8.07. The predicted molar refractivity (Wildman–Crippen MR) is 80.4 cm³/mol. The standard InChI is InChI=1S/C13H7Cl4NO/c14-6-4-8(12(17)10(16)5-6)7-2-1-3-9(15)11(7)13(18)19/h1-5H,(H2,18,19). The van der Waals surface area contributed by atoms with E-state index in [1.807, 2.05) is 0 Å². The minimum atomic E-state index is -0.646. The Balaban J connectivity index is 2.80. The monoisotopic (exact) mass is 333 g/mol. The fraction of sp³-hybridized carbons (Fsp3) is 0. The second-order valence-corrected chi connectivity index (χ2v) is 5.40. The Labute approximate surface area is 130 Å². The number of carbonyl (C=O) groups is 1. The molecule has 0 atom stereocenters. The van der Waals surface area contributed by atoms with Crippen molar-refractivity contribution in [1.29, 1.82) is 0 Å². The maximum atomic E-state index is 11.5. The van der Waals surface area contributed by atoms with Crippen LogP contribution in [0, 0.1) is 0 Å². The fourth-order valence-corrected chi connectivity index (χ4v) is 2.72. The molecule has 0 saturated carbocycles. The van der Waals surface area contributed by atoms with Crippen LogP contribution in [0.1, 0.15) is 10.4 Å². The summed E-state index contributed by atoms with van der Waals surface area (Å²) in [5, 5.41) is 1.23. The largest absolute Gasteiger partial charge is 0.366 e. The van der Waals surface area contributed by atoms with Crippen molar-refractivity contribution in [2.45, 2.75) is 0 Å². The molecule has 1 amide bonds. The van der Waals surface area contributed by atoms with Crippen molar-refractivity contribution < 1.29 is 4.79 Å². The lowest BCUT2D eigenvalue weighted by molar-refractivity contribution is 0.100. The molecule has 6 heteroatoms. The van der Waals surface area contributed by atoms with E-state index in [0.717, 1.165) is 0 Å². The van der Waals surface area contributed by atoms with E-state index in [1.165, 1.54) is 6.07 Å². The smallest absolute Gasteiger partial charge is 0.250 e. The van der Waals surface area contributed by atoms with Gasteiger partial charge in [-0.15, -0.1) is 0 Å². The van der Waals surface area contributed by atoms with E-state index in [1.54, 1.807) is 24.3 Å². The molecule has 0 bridgehead atoms. The van der Waals surface area contributed by atoms with Crippen molar-refractivity contribution in [2.24, 2.45) is 5.73 Å². The lowest BCUT2D eigenvalue weighted by Crippen LogP contribution is -2.13. The van der Waals surface area contributed by atoms with Crippen molar-refractivity contribution in [3.8, 4) is 11.1 Å². The third-order valence-corrected chi connectivity index (χ3v) is 3.88. The van der Waals surface area contributed by atoms with Gasteiger partial charge in [0.2, 0.25) is 0 Å². The van der Waals surface area contributed by atoms with Gasteiger partial charge in [0.05, 0.1) is 20.6 Å². The molecule has 0 aliphatic heterocycles. The first-order chi connectivity index (χ1) is 8.91. The second-order valence-electron chi connectivity index (χ2n) is 3.78. The van der Waals surface area contributed by atoms with E-state index in [2.05, 4.69) is 0 Å². The summed E-state index contributed by atoms with van der Waals surface area (Å²) in [7, 11) is 0. The third-order valence-electron chi connectivity index (χ3n) is 2.54. The van der Waals surface area contributed by atoms with Gasteiger partial charge in [-0.1, -0.05) is 58.5 Å². The van der Waals surface area contributed by atoms with Gasteiger partial charge in [-0.2, -0.15) is 0 Å². The molecule has 19 heavy (non-hydrogen) atoms. The lowest BCUT2D eigenvalue weighted by Gasteiger charge is -2.11. The van der Waals surface area contributed by atoms with Crippen molar-refractivity contribution in [3.63, 3.8) is 0 Å². The Morgan fingerprint density at radius 1 is 0.947 bits per heavy atom. The molecule has 0 aliphatic rings. The van der Waals surface area contributed by atoms with E-state index in [0.29, 0.717) is 21.2 Å². The number of hydrogen-bond acceptors (Lipinski definition) is 1. The van der Waals surface area contributed by atoms with Crippen LogP contribution in [0.3, 0.4) is 0 Å². The quantitative estimate of drug-likeness (QED) is 0.766. The van der Waals surface area contributed by atoms with Crippen LogP contribution in [0.4, 0.5) is 0 Å². The van der Waals surface area contributed by atoms with Gasteiger partial charge in [-0.05, 0) is 23.8 Å². The van der Waals surface area contributed by atoms with Gasteiger partial charge in [0, 0.05) is 10.6 Å². The van der Waals surface area contributed by atoms with Crippen LogP contribution in [0.2, 0.25) is 20.1 Å². The number of hydrogen-bond donors (Lipinski definition) is 1. The summed E-state index contributed by atoms with van der Waals surface area (Å²) in [5.74, 6) is -0.646.